The number of halogens is 1. The van der Waals surface area contributed by atoms with E-state index in [1.54, 1.807) is 12.1 Å². The molecule has 1 unspecified atom stereocenters. The third-order valence-corrected chi connectivity index (χ3v) is 5.98. The van der Waals surface area contributed by atoms with Gasteiger partial charge >= 0.3 is 5.97 Å². The second-order valence-corrected chi connectivity index (χ2v) is 8.59. The first-order chi connectivity index (χ1) is 16.0. The highest BCUT2D eigenvalue weighted by Gasteiger charge is 2.20. The van der Waals surface area contributed by atoms with E-state index < -0.39 is 6.04 Å². The summed E-state index contributed by atoms with van der Waals surface area (Å²) in [6.45, 7) is 0.489. The number of nitrogens with one attached hydrogen (secondary N) is 3. The highest BCUT2D eigenvalue weighted by atomic mass is 79.9. The van der Waals surface area contributed by atoms with Gasteiger partial charge in [0, 0.05) is 45.8 Å². The molecule has 4 rings (SSSR count). The number of hydrogen-bond donors (Lipinski definition) is 3. The SMILES string of the molecule is COC(=O)C(Cc1c[nH]c2ccccc12)NCc1ccc(NC(=O)c2ccc(Br)cc2)cc1. The molecule has 4 aromatic rings. The summed E-state index contributed by atoms with van der Waals surface area (Å²) in [6, 6.07) is 22.3. The minimum absolute atomic E-state index is 0.169. The molecule has 1 amide bonds. The van der Waals surface area contributed by atoms with Gasteiger partial charge in [-0.15, -0.1) is 0 Å². The maximum Gasteiger partial charge on any atom is 0.323 e. The van der Waals surface area contributed by atoms with E-state index in [2.05, 4.69) is 31.5 Å². The van der Waals surface area contributed by atoms with Crippen molar-refractivity contribution in [3.8, 4) is 0 Å². The van der Waals surface area contributed by atoms with E-state index in [-0.39, 0.29) is 11.9 Å². The molecule has 1 aromatic heterocycles. The fraction of sp³-hybridized carbons (Fsp3) is 0.154. The number of amides is 1. The standard InChI is InChI=1S/C26H24BrN3O3/c1-33-26(32)24(14-19-16-29-23-5-3-2-4-22(19)23)28-15-17-6-12-21(13-7-17)30-25(31)18-8-10-20(27)11-9-18/h2-13,16,24,28-29H,14-15H2,1H3,(H,30,31). The molecule has 6 nitrogen and oxygen atoms in total. The zero-order chi connectivity index (χ0) is 23.2. The maximum atomic E-state index is 12.4. The fourth-order valence-electron chi connectivity index (χ4n) is 3.65. The summed E-state index contributed by atoms with van der Waals surface area (Å²) in [6.07, 6.45) is 2.45. The topological polar surface area (TPSA) is 83.2 Å². The van der Waals surface area contributed by atoms with E-state index in [4.69, 9.17) is 4.74 Å². The van der Waals surface area contributed by atoms with Gasteiger partial charge in [0.15, 0.2) is 0 Å². The Morgan fingerprint density at radius 2 is 1.73 bits per heavy atom. The van der Waals surface area contributed by atoms with Gasteiger partial charge in [0.05, 0.1) is 7.11 Å². The molecule has 0 radical (unpaired) electrons. The number of benzene rings is 3. The summed E-state index contributed by atoms with van der Waals surface area (Å²) >= 11 is 3.37. The summed E-state index contributed by atoms with van der Waals surface area (Å²) < 4.78 is 5.93. The zero-order valence-corrected chi connectivity index (χ0v) is 19.7. The zero-order valence-electron chi connectivity index (χ0n) is 18.1. The van der Waals surface area contributed by atoms with E-state index in [0.717, 1.165) is 26.5 Å². The van der Waals surface area contributed by atoms with E-state index >= 15 is 0 Å². The Morgan fingerprint density at radius 1 is 1.00 bits per heavy atom. The molecule has 1 heterocycles. The Bertz CT molecular complexity index is 1250. The van der Waals surface area contributed by atoms with Gasteiger partial charge in [-0.2, -0.15) is 0 Å². The second-order valence-electron chi connectivity index (χ2n) is 7.68. The molecule has 7 heteroatoms. The number of hydrogen-bond acceptors (Lipinski definition) is 4. The molecule has 0 aliphatic carbocycles. The molecular weight excluding hydrogens is 482 g/mol. The Labute approximate surface area is 200 Å². The first kappa shape index (κ1) is 22.8. The van der Waals surface area contributed by atoms with Crippen LogP contribution >= 0.6 is 15.9 Å². The monoisotopic (exact) mass is 505 g/mol. The predicted octanol–water partition coefficient (Wildman–Crippen LogP) is 5.06. The van der Waals surface area contributed by atoms with E-state index in [9.17, 15) is 9.59 Å². The summed E-state index contributed by atoms with van der Waals surface area (Å²) in [7, 11) is 1.40. The number of aromatic nitrogens is 1. The Kier molecular flexibility index (Phi) is 7.22. The van der Waals surface area contributed by atoms with Gasteiger partial charge in [-0.25, -0.2) is 0 Å². The van der Waals surface area contributed by atoms with Crippen LogP contribution in [-0.4, -0.2) is 30.0 Å². The molecule has 1 atom stereocenters. The smallest absolute Gasteiger partial charge is 0.323 e. The van der Waals surface area contributed by atoms with Crippen molar-refractivity contribution < 1.29 is 14.3 Å². The minimum atomic E-state index is -0.481. The average molecular weight is 506 g/mol. The normalized spacial score (nSPS) is 11.8. The number of ether oxygens (including phenoxy) is 1. The molecule has 3 aromatic carbocycles. The maximum absolute atomic E-state index is 12.4. The van der Waals surface area contributed by atoms with E-state index in [0.29, 0.717) is 24.2 Å². The van der Waals surface area contributed by atoms with Gasteiger partial charge in [-0.05, 0) is 53.6 Å². The summed E-state index contributed by atoms with van der Waals surface area (Å²) in [5, 5.41) is 7.29. The quantitative estimate of drug-likeness (QED) is 0.292. The van der Waals surface area contributed by atoms with Crippen LogP contribution in [0.2, 0.25) is 0 Å². The van der Waals surface area contributed by atoms with Gasteiger partial charge in [-0.3, -0.25) is 9.59 Å². The molecule has 3 N–H and O–H groups in total. The van der Waals surface area contributed by atoms with Crippen LogP contribution in [0, 0.1) is 0 Å². The number of anilines is 1. The van der Waals surface area contributed by atoms with Crippen LogP contribution in [0.1, 0.15) is 21.5 Å². The van der Waals surface area contributed by atoms with Crippen LogP contribution in [0.5, 0.6) is 0 Å². The fourth-order valence-corrected chi connectivity index (χ4v) is 3.92. The van der Waals surface area contributed by atoms with Gasteiger partial charge in [0.2, 0.25) is 0 Å². The van der Waals surface area contributed by atoms with Crippen LogP contribution in [-0.2, 0) is 22.5 Å². The van der Waals surface area contributed by atoms with Crippen molar-refractivity contribution in [2.75, 3.05) is 12.4 Å². The first-order valence-corrected chi connectivity index (χ1v) is 11.3. The molecule has 0 fully saturated rings. The van der Waals surface area contributed by atoms with Gasteiger partial charge < -0.3 is 20.4 Å². The number of H-pyrrole nitrogens is 1. The highest BCUT2D eigenvalue weighted by Crippen LogP contribution is 2.20. The summed E-state index contributed by atoms with van der Waals surface area (Å²) in [5.74, 6) is -0.475. The Morgan fingerprint density at radius 3 is 2.45 bits per heavy atom. The third-order valence-electron chi connectivity index (χ3n) is 5.46. The van der Waals surface area contributed by atoms with Gasteiger partial charge in [0.1, 0.15) is 6.04 Å². The predicted molar refractivity (Wildman–Crippen MR) is 133 cm³/mol. The highest BCUT2D eigenvalue weighted by molar-refractivity contribution is 9.10. The van der Waals surface area contributed by atoms with Crippen molar-refractivity contribution in [3.05, 3.63) is 100 Å². The largest absolute Gasteiger partial charge is 0.468 e. The van der Waals surface area contributed by atoms with E-state index in [1.807, 2.05) is 66.9 Å². The third kappa shape index (κ3) is 5.69. The minimum Gasteiger partial charge on any atom is -0.468 e. The molecule has 168 valence electrons. The van der Waals surface area contributed by atoms with Crippen molar-refractivity contribution in [2.24, 2.45) is 0 Å². The van der Waals surface area contributed by atoms with E-state index in [1.165, 1.54) is 7.11 Å². The number of para-hydroxylation sites is 1. The van der Waals surface area contributed by atoms with Crippen molar-refractivity contribution in [1.29, 1.82) is 0 Å². The molecule has 0 aliphatic heterocycles. The lowest BCUT2D eigenvalue weighted by Crippen LogP contribution is -2.39. The molecule has 0 saturated heterocycles. The second kappa shape index (κ2) is 10.5. The van der Waals surface area contributed by atoms with Crippen LogP contribution < -0.4 is 10.6 Å². The van der Waals surface area contributed by atoms with Gasteiger partial charge in [-0.1, -0.05) is 46.3 Å². The lowest BCUT2D eigenvalue weighted by molar-refractivity contribution is -0.143. The summed E-state index contributed by atoms with van der Waals surface area (Å²) in [5.41, 5.74) is 4.37. The molecular formula is C26H24BrN3O3. The number of esters is 1. The van der Waals surface area contributed by atoms with Crippen molar-refractivity contribution in [1.82, 2.24) is 10.3 Å². The summed E-state index contributed by atoms with van der Waals surface area (Å²) in [4.78, 5) is 28.0. The number of aromatic amines is 1. The Balaban J connectivity index is 1.38. The molecule has 33 heavy (non-hydrogen) atoms. The average Bonchev–Trinajstić information content (AvgIpc) is 3.25. The lowest BCUT2D eigenvalue weighted by atomic mass is 10.0. The number of methoxy groups -OCH3 is 1. The molecule has 0 spiro atoms. The van der Waals surface area contributed by atoms with Crippen molar-refractivity contribution in [3.63, 3.8) is 0 Å². The number of rotatable bonds is 8. The van der Waals surface area contributed by atoms with Crippen molar-refractivity contribution >= 4 is 44.4 Å². The number of carbonyl (C=O) groups is 2. The molecule has 0 aliphatic rings. The lowest BCUT2D eigenvalue weighted by Gasteiger charge is -2.16. The van der Waals surface area contributed by atoms with Crippen LogP contribution in [0.25, 0.3) is 10.9 Å². The molecule has 0 saturated carbocycles. The van der Waals surface area contributed by atoms with Crippen LogP contribution in [0.4, 0.5) is 5.69 Å². The van der Waals surface area contributed by atoms with Crippen molar-refractivity contribution in [2.45, 2.75) is 19.0 Å². The number of fused-ring (bicyclic) bond motifs is 1. The van der Waals surface area contributed by atoms with Crippen LogP contribution in [0.3, 0.4) is 0 Å². The number of carbonyl (C=O) groups excluding carboxylic acids is 2. The molecule has 0 bridgehead atoms. The van der Waals surface area contributed by atoms with Gasteiger partial charge in [0.25, 0.3) is 5.91 Å². The van der Waals surface area contributed by atoms with Crippen LogP contribution in [0.15, 0.2) is 83.5 Å². The Hall–Kier alpha value is -3.42. The first-order valence-electron chi connectivity index (χ1n) is 10.6.